The van der Waals surface area contributed by atoms with Gasteiger partial charge < -0.3 is 15.1 Å². The number of hydrogen-bond donors (Lipinski definition) is 2. The number of carboxylic acids is 1. The van der Waals surface area contributed by atoms with Crippen molar-refractivity contribution in [2.75, 3.05) is 7.05 Å². The first-order chi connectivity index (χ1) is 12.2. The number of likely N-dealkylation sites (N-methyl/N-ethyl adjacent to an activating group) is 1. The van der Waals surface area contributed by atoms with Crippen LogP contribution in [-0.4, -0.2) is 46.2 Å². The molecule has 3 unspecified atom stereocenters. The number of rotatable bonds is 2. The van der Waals surface area contributed by atoms with E-state index >= 15 is 0 Å². The van der Waals surface area contributed by atoms with Gasteiger partial charge >= 0.3 is 5.97 Å². The van der Waals surface area contributed by atoms with E-state index in [9.17, 15) is 19.8 Å². The van der Waals surface area contributed by atoms with Gasteiger partial charge in [0, 0.05) is 18.5 Å². The average molecular weight is 361 g/mol. The molecule has 4 rings (SSSR count). The molecule has 4 aliphatic rings. The quantitative estimate of drug-likeness (QED) is 0.793. The molecule has 1 aliphatic heterocycles. The summed E-state index contributed by atoms with van der Waals surface area (Å²) in [5.41, 5.74) is -0.210. The lowest BCUT2D eigenvalue weighted by atomic mass is 9.46. The van der Waals surface area contributed by atoms with Crippen molar-refractivity contribution in [3.63, 3.8) is 0 Å². The highest BCUT2D eigenvalue weighted by molar-refractivity contribution is 5.89. The van der Waals surface area contributed by atoms with Crippen molar-refractivity contribution >= 4 is 11.9 Å². The molecule has 0 aromatic carbocycles. The largest absolute Gasteiger partial charge is 0.481 e. The molecule has 5 nitrogen and oxygen atoms in total. The van der Waals surface area contributed by atoms with Crippen LogP contribution in [-0.2, 0) is 9.59 Å². The summed E-state index contributed by atoms with van der Waals surface area (Å²) in [4.78, 5) is 25.7. The smallest absolute Gasteiger partial charge is 0.303 e. The number of fused-ring (bicyclic) bond motifs is 5. The second-order valence-corrected chi connectivity index (χ2v) is 9.70. The first kappa shape index (κ1) is 18.0. The van der Waals surface area contributed by atoms with Crippen LogP contribution in [0.5, 0.6) is 0 Å². The standard InChI is InChI=1S/C21H31NO4/c1-20-8-6-15-13(14(20)4-5-16(20)23)10-12(11-18(25)26)19-21(15,2)9-7-17(24)22(19)3/h7,9,12-16,19,23H,4-6,8,10-11H2,1-3H3,(H,25,26)/t12?,13-,14-,15+,16?,19?,20-,21+/m0/s1. The molecule has 3 aliphatic carbocycles. The number of nitrogens with zero attached hydrogens (tertiary/aromatic N) is 1. The van der Waals surface area contributed by atoms with E-state index in [4.69, 9.17) is 0 Å². The Bertz CT molecular complexity index is 660. The molecule has 8 atom stereocenters. The SMILES string of the molecule is CN1C(=O)C=C[C@@]2(C)C1C(CC(=O)O)C[C@@H]1[C@H]2CC[C@]2(C)C(O)CC[C@@H]12. The Labute approximate surface area is 155 Å². The van der Waals surface area contributed by atoms with Crippen LogP contribution in [0.2, 0.25) is 0 Å². The van der Waals surface area contributed by atoms with E-state index in [0.717, 1.165) is 32.1 Å². The van der Waals surface area contributed by atoms with Gasteiger partial charge in [-0.05, 0) is 67.3 Å². The molecule has 0 aromatic heterocycles. The summed E-state index contributed by atoms with van der Waals surface area (Å²) in [7, 11) is 1.83. The molecule has 3 fully saturated rings. The van der Waals surface area contributed by atoms with Crippen LogP contribution < -0.4 is 0 Å². The molecular formula is C21H31NO4. The van der Waals surface area contributed by atoms with Crippen molar-refractivity contribution in [2.24, 2.45) is 34.5 Å². The van der Waals surface area contributed by atoms with Crippen LogP contribution in [0.15, 0.2) is 12.2 Å². The minimum atomic E-state index is -0.781. The van der Waals surface area contributed by atoms with Crippen LogP contribution in [0.3, 0.4) is 0 Å². The Kier molecular flexibility index (Phi) is 4.03. The van der Waals surface area contributed by atoms with Gasteiger partial charge in [0.15, 0.2) is 0 Å². The molecule has 0 saturated heterocycles. The molecule has 0 bridgehead atoms. The summed E-state index contributed by atoms with van der Waals surface area (Å²) < 4.78 is 0. The molecule has 144 valence electrons. The summed E-state index contributed by atoms with van der Waals surface area (Å²) in [6, 6.07) is -0.0481. The molecule has 3 saturated carbocycles. The number of aliphatic hydroxyl groups excluding tert-OH is 1. The average Bonchev–Trinajstić information content (AvgIpc) is 2.86. The zero-order valence-corrected chi connectivity index (χ0v) is 16.0. The van der Waals surface area contributed by atoms with Crippen LogP contribution >= 0.6 is 0 Å². The zero-order chi connectivity index (χ0) is 18.9. The summed E-state index contributed by atoms with van der Waals surface area (Å²) >= 11 is 0. The lowest BCUT2D eigenvalue weighted by Gasteiger charge is -2.62. The Morgan fingerprint density at radius 1 is 1.27 bits per heavy atom. The number of carbonyl (C=O) groups is 2. The normalized spacial score (nSPS) is 50.2. The maximum absolute atomic E-state index is 12.3. The number of aliphatic hydroxyl groups is 1. The lowest BCUT2D eigenvalue weighted by Crippen LogP contribution is -2.63. The summed E-state index contributed by atoms with van der Waals surface area (Å²) in [5, 5.41) is 20.1. The van der Waals surface area contributed by atoms with Crippen molar-refractivity contribution in [1.29, 1.82) is 0 Å². The van der Waals surface area contributed by atoms with Crippen molar-refractivity contribution in [2.45, 2.75) is 64.5 Å². The molecular weight excluding hydrogens is 330 g/mol. The minimum Gasteiger partial charge on any atom is -0.481 e. The Morgan fingerprint density at radius 3 is 2.69 bits per heavy atom. The Hall–Kier alpha value is -1.36. The fraction of sp³-hybridized carbons (Fsp3) is 0.810. The second-order valence-electron chi connectivity index (χ2n) is 9.70. The van der Waals surface area contributed by atoms with Gasteiger partial charge in [0.25, 0.3) is 0 Å². The lowest BCUT2D eigenvalue weighted by molar-refractivity contribution is -0.155. The van der Waals surface area contributed by atoms with E-state index in [1.165, 1.54) is 0 Å². The zero-order valence-electron chi connectivity index (χ0n) is 16.0. The molecule has 2 N–H and O–H groups in total. The summed E-state index contributed by atoms with van der Waals surface area (Å²) in [5.74, 6) is 0.518. The van der Waals surface area contributed by atoms with Gasteiger partial charge in [-0.2, -0.15) is 0 Å². The van der Waals surface area contributed by atoms with Crippen LogP contribution in [0.4, 0.5) is 0 Å². The number of amides is 1. The third-order valence-corrected chi connectivity index (χ3v) is 8.63. The molecule has 0 spiro atoms. The molecule has 0 aromatic rings. The monoisotopic (exact) mass is 361 g/mol. The van der Waals surface area contributed by atoms with Gasteiger partial charge in [-0.25, -0.2) is 0 Å². The van der Waals surface area contributed by atoms with Crippen molar-refractivity contribution in [3.8, 4) is 0 Å². The topological polar surface area (TPSA) is 77.8 Å². The molecule has 5 heteroatoms. The van der Waals surface area contributed by atoms with Gasteiger partial charge in [-0.15, -0.1) is 0 Å². The van der Waals surface area contributed by atoms with Crippen LogP contribution in [0.1, 0.15) is 52.4 Å². The van der Waals surface area contributed by atoms with Crippen molar-refractivity contribution in [3.05, 3.63) is 12.2 Å². The number of carbonyl (C=O) groups excluding carboxylic acids is 1. The van der Waals surface area contributed by atoms with Gasteiger partial charge in [0.2, 0.25) is 5.91 Å². The predicted octanol–water partition coefficient (Wildman–Crippen LogP) is 2.69. The van der Waals surface area contributed by atoms with E-state index in [1.54, 1.807) is 11.0 Å². The summed E-state index contributed by atoms with van der Waals surface area (Å²) in [6.07, 6.45) is 8.48. The number of aliphatic carboxylic acids is 1. The maximum atomic E-state index is 12.3. The molecule has 1 heterocycles. The van der Waals surface area contributed by atoms with Gasteiger partial charge in [0.05, 0.1) is 12.5 Å². The Morgan fingerprint density at radius 2 is 2.00 bits per heavy atom. The third-order valence-electron chi connectivity index (χ3n) is 8.63. The molecule has 0 radical (unpaired) electrons. The highest BCUT2D eigenvalue weighted by Gasteiger charge is 2.62. The Balaban J connectivity index is 1.76. The molecule has 26 heavy (non-hydrogen) atoms. The second kappa shape index (κ2) is 5.82. The number of hydrogen-bond acceptors (Lipinski definition) is 3. The summed E-state index contributed by atoms with van der Waals surface area (Å²) in [6.45, 7) is 4.47. The van der Waals surface area contributed by atoms with E-state index in [-0.39, 0.29) is 41.2 Å². The predicted molar refractivity (Wildman–Crippen MR) is 97.2 cm³/mol. The van der Waals surface area contributed by atoms with E-state index in [0.29, 0.717) is 17.8 Å². The van der Waals surface area contributed by atoms with Crippen molar-refractivity contribution < 1.29 is 19.8 Å². The van der Waals surface area contributed by atoms with Crippen LogP contribution in [0, 0.1) is 34.5 Å². The first-order valence-electron chi connectivity index (χ1n) is 10.0. The van der Waals surface area contributed by atoms with Crippen LogP contribution in [0.25, 0.3) is 0 Å². The maximum Gasteiger partial charge on any atom is 0.303 e. The third kappa shape index (κ3) is 2.32. The number of carboxylic acid groups (broad SMARTS) is 1. The van der Waals surface area contributed by atoms with Crippen molar-refractivity contribution in [1.82, 2.24) is 4.90 Å². The van der Waals surface area contributed by atoms with Gasteiger partial charge in [-0.1, -0.05) is 19.9 Å². The fourth-order valence-electron chi connectivity index (χ4n) is 7.45. The first-order valence-corrected chi connectivity index (χ1v) is 10.0. The van der Waals surface area contributed by atoms with Gasteiger partial charge in [-0.3, -0.25) is 9.59 Å². The van der Waals surface area contributed by atoms with E-state index in [2.05, 4.69) is 19.9 Å². The fourth-order valence-corrected chi connectivity index (χ4v) is 7.45. The minimum absolute atomic E-state index is 0.0155. The highest BCUT2D eigenvalue weighted by atomic mass is 16.4. The highest BCUT2D eigenvalue weighted by Crippen LogP contribution is 2.65. The van der Waals surface area contributed by atoms with Gasteiger partial charge in [0.1, 0.15) is 0 Å². The molecule has 1 amide bonds. The van der Waals surface area contributed by atoms with E-state index in [1.807, 2.05) is 7.05 Å². The van der Waals surface area contributed by atoms with E-state index < -0.39 is 5.97 Å².